The van der Waals surface area contributed by atoms with Gasteiger partial charge in [0.1, 0.15) is 0 Å². The van der Waals surface area contributed by atoms with Crippen molar-refractivity contribution in [2.24, 2.45) is 5.41 Å². The first-order valence-electron chi connectivity index (χ1n) is 5.18. The summed E-state index contributed by atoms with van der Waals surface area (Å²) in [5.74, 6) is 0. The van der Waals surface area contributed by atoms with Gasteiger partial charge in [-0.1, -0.05) is 13.8 Å². The largest absolute Gasteiger partial charge is 0.317 e. The Bertz CT molecular complexity index is 119. The minimum Gasteiger partial charge on any atom is -0.317 e. The van der Waals surface area contributed by atoms with Gasteiger partial charge in [0.25, 0.3) is 0 Å². The van der Waals surface area contributed by atoms with Crippen LogP contribution in [0, 0.1) is 5.41 Å². The monoisotopic (exact) mass is 170 g/mol. The molecule has 0 unspecified atom stereocenters. The molecule has 0 bridgehead atoms. The summed E-state index contributed by atoms with van der Waals surface area (Å²) in [7, 11) is 0. The van der Waals surface area contributed by atoms with Crippen LogP contribution in [0.4, 0.5) is 0 Å². The topological polar surface area (TPSA) is 24.1 Å². The molecule has 0 aliphatic heterocycles. The SMILES string of the molecule is CCNCCCNCC1(C)CC1. The van der Waals surface area contributed by atoms with Crippen molar-refractivity contribution in [2.75, 3.05) is 26.2 Å². The fourth-order valence-electron chi connectivity index (χ4n) is 1.30. The van der Waals surface area contributed by atoms with Gasteiger partial charge in [0.2, 0.25) is 0 Å². The Hall–Kier alpha value is -0.0800. The maximum atomic E-state index is 3.51. The average molecular weight is 170 g/mol. The zero-order valence-corrected chi connectivity index (χ0v) is 8.45. The quantitative estimate of drug-likeness (QED) is 0.564. The summed E-state index contributed by atoms with van der Waals surface area (Å²) in [5.41, 5.74) is 0.665. The van der Waals surface area contributed by atoms with Gasteiger partial charge < -0.3 is 10.6 Å². The van der Waals surface area contributed by atoms with Crippen molar-refractivity contribution in [2.45, 2.75) is 33.1 Å². The highest BCUT2D eigenvalue weighted by molar-refractivity contribution is 4.90. The van der Waals surface area contributed by atoms with Crippen LogP contribution >= 0.6 is 0 Å². The molecule has 0 aromatic heterocycles. The summed E-state index contributed by atoms with van der Waals surface area (Å²) < 4.78 is 0. The first-order chi connectivity index (χ1) is 5.77. The zero-order chi connectivity index (χ0) is 8.86. The number of rotatable bonds is 7. The first kappa shape index (κ1) is 10.0. The summed E-state index contributed by atoms with van der Waals surface area (Å²) in [6.45, 7) is 9.16. The molecule has 12 heavy (non-hydrogen) atoms. The minimum atomic E-state index is 0.665. The molecule has 1 rings (SSSR count). The molecular weight excluding hydrogens is 148 g/mol. The van der Waals surface area contributed by atoms with E-state index < -0.39 is 0 Å². The number of nitrogens with one attached hydrogen (secondary N) is 2. The maximum absolute atomic E-state index is 3.51. The fourth-order valence-corrected chi connectivity index (χ4v) is 1.30. The lowest BCUT2D eigenvalue weighted by molar-refractivity contribution is 0.490. The second-order valence-corrected chi connectivity index (χ2v) is 4.19. The first-order valence-corrected chi connectivity index (χ1v) is 5.18. The molecule has 0 heterocycles. The van der Waals surface area contributed by atoms with Crippen LogP contribution in [0.2, 0.25) is 0 Å². The summed E-state index contributed by atoms with van der Waals surface area (Å²) >= 11 is 0. The number of hydrogen-bond acceptors (Lipinski definition) is 2. The molecule has 0 saturated heterocycles. The highest BCUT2D eigenvalue weighted by Gasteiger charge is 2.36. The van der Waals surface area contributed by atoms with Crippen molar-refractivity contribution in [3.63, 3.8) is 0 Å². The van der Waals surface area contributed by atoms with E-state index in [9.17, 15) is 0 Å². The lowest BCUT2D eigenvalue weighted by Gasteiger charge is -2.09. The Morgan fingerprint density at radius 1 is 1.17 bits per heavy atom. The molecule has 0 amide bonds. The lowest BCUT2D eigenvalue weighted by atomic mass is 10.1. The molecule has 0 aromatic rings. The molecule has 0 spiro atoms. The third kappa shape index (κ3) is 4.07. The Balaban J connectivity index is 1.77. The third-order valence-electron chi connectivity index (χ3n) is 2.61. The molecule has 0 radical (unpaired) electrons. The number of hydrogen-bond donors (Lipinski definition) is 2. The third-order valence-corrected chi connectivity index (χ3v) is 2.61. The van der Waals surface area contributed by atoms with Crippen LogP contribution < -0.4 is 10.6 Å². The van der Waals surface area contributed by atoms with Crippen LogP contribution in [0.25, 0.3) is 0 Å². The molecule has 1 fully saturated rings. The van der Waals surface area contributed by atoms with E-state index in [0.717, 1.165) is 13.1 Å². The van der Waals surface area contributed by atoms with Crippen LogP contribution in [0.5, 0.6) is 0 Å². The Kier molecular flexibility index (Phi) is 4.02. The summed E-state index contributed by atoms with van der Waals surface area (Å²) in [6, 6.07) is 0. The van der Waals surface area contributed by atoms with Crippen LogP contribution in [0.15, 0.2) is 0 Å². The highest BCUT2D eigenvalue weighted by atomic mass is 14.9. The molecule has 1 aliphatic carbocycles. The van der Waals surface area contributed by atoms with Gasteiger partial charge in [0.05, 0.1) is 0 Å². The van der Waals surface area contributed by atoms with Gasteiger partial charge in [-0.05, 0) is 44.3 Å². The molecule has 2 heteroatoms. The van der Waals surface area contributed by atoms with E-state index >= 15 is 0 Å². The van der Waals surface area contributed by atoms with E-state index in [2.05, 4.69) is 24.5 Å². The Labute approximate surface area is 76.1 Å². The smallest absolute Gasteiger partial charge is 0.000518 e. The van der Waals surface area contributed by atoms with Crippen LogP contribution in [-0.2, 0) is 0 Å². The predicted octanol–water partition coefficient (Wildman–Crippen LogP) is 1.38. The second kappa shape index (κ2) is 4.83. The molecule has 0 atom stereocenters. The highest BCUT2D eigenvalue weighted by Crippen LogP contribution is 2.43. The minimum absolute atomic E-state index is 0.665. The van der Waals surface area contributed by atoms with Gasteiger partial charge in [-0.2, -0.15) is 0 Å². The lowest BCUT2D eigenvalue weighted by Crippen LogP contribution is -2.26. The fraction of sp³-hybridized carbons (Fsp3) is 1.00. The van der Waals surface area contributed by atoms with Crippen molar-refractivity contribution < 1.29 is 0 Å². The molecule has 1 saturated carbocycles. The summed E-state index contributed by atoms with van der Waals surface area (Å²) in [6.07, 6.45) is 4.10. The normalized spacial score (nSPS) is 19.5. The molecule has 2 N–H and O–H groups in total. The van der Waals surface area contributed by atoms with Crippen molar-refractivity contribution >= 4 is 0 Å². The van der Waals surface area contributed by atoms with Gasteiger partial charge in [-0.25, -0.2) is 0 Å². The van der Waals surface area contributed by atoms with Crippen molar-refractivity contribution in [1.82, 2.24) is 10.6 Å². The predicted molar refractivity (Wildman–Crippen MR) is 53.4 cm³/mol. The van der Waals surface area contributed by atoms with E-state index in [4.69, 9.17) is 0 Å². The van der Waals surface area contributed by atoms with Crippen LogP contribution in [-0.4, -0.2) is 26.2 Å². The zero-order valence-electron chi connectivity index (χ0n) is 8.45. The molecule has 1 aliphatic rings. The average Bonchev–Trinajstić information content (AvgIpc) is 2.77. The Morgan fingerprint density at radius 2 is 1.83 bits per heavy atom. The van der Waals surface area contributed by atoms with E-state index in [-0.39, 0.29) is 0 Å². The molecular formula is C10H22N2. The van der Waals surface area contributed by atoms with Crippen LogP contribution in [0.3, 0.4) is 0 Å². The van der Waals surface area contributed by atoms with E-state index in [1.165, 1.54) is 32.4 Å². The standard InChI is InChI=1S/C10H22N2/c1-3-11-7-4-8-12-9-10(2)5-6-10/h11-12H,3-9H2,1-2H3. The van der Waals surface area contributed by atoms with E-state index in [1.807, 2.05) is 0 Å². The van der Waals surface area contributed by atoms with Crippen molar-refractivity contribution in [1.29, 1.82) is 0 Å². The van der Waals surface area contributed by atoms with Crippen LogP contribution in [0.1, 0.15) is 33.1 Å². The molecule has 0 aromatic carbocycles. The van der Waals surface area contributed by atoms with Gasteiger partial charge >= 0.3 is 0 Å². The molecule has 72 valence electrons. The van der Waals surface area contributed by atoms with Gasteiger partial charge in [0.15, 0.2) is 0 Å². The van der Waals surface area contributed by atoms with Crippen molar-refractivity contribution in [3.8, 4) is 0 Å². The Morgan fingerprint density at radius 3 is 2.42 bits per heavy atom. The maximum Gasteiger partial charge on any atom is 0.000518 e. The van der Waals surface area contributed by atoms with E-state index in [1.54, 1.807) is 0 Å². The van der Waals surface area contributed by atoms with Gasteiger partial charge in [-0.15, -0.1) is 0 Å². The molecule has 2 nitrogen and oxygen atoms in total. The summed E-state index contributed by atoms with van der Waals surface area (Å²) in [5, 5.41) is 6.83. The van der Waals surface area contributed by atoms with E-state index in [0.29, 0.717) is 5.41 Å². The van der Waals surface area contributed by atoms with Crippen molar-refractivity contribution in [3.05, 3.63) is 0 Å². The second-order valence-electron chi connectivity index (χ2n) is 4.19. The van der Waals surface area contributed by atoms with Gasteiger partial charge in [0, 0.05) is 6.54 Å². The summed E-state index contributed by atoms with van der Waals surface area (Å²) in [4.78, 5) is 0. The van der Waals surface area contributed by atoms with Gasteiger partial charge in [-0.3, -0.25) is 0 Å².